The first kappa shape index (κ1) is 48.2. The van der Waals surface area contributed by atoms with Crippen molar-refractivity contribution in [1.82, 2.24) is 9.13 Å². The number of hydrogen-bond acceptors (Lipinski definition) is 1. The highest BCUT2D eigenvalue weighted by Crippen LogP contribution is 2.49. The molecule has 0 fully saturated rings. The van der Waals surface area contributed by atoms with Gasteiger partial charge in [-0.15, -0.1) is 0 Å². The van der Waals surface area contributed by atoms with Crippen LogP contribution in [-0.2, 0) is 34.0 Å². The molecule has 2 heterocycles. The van der Waals surface area contributed by atoms with Crippen LogP contribution in [0.2, 0.25) is 0 Å². The second kappa shape index (κ2) is 16.1. The van der Waals surface area contributed by atoms with Gasteiger partial charge < -0.3 is 9.13 Å². The van der Waals surface area contributed by atoms with E-state index in [2.05, 4.69) is 159 Å². The summed E-state index contributed by atoms with van der Waals surface area (Å²) in [5.74, 6) is 0. The molecule has 0 radical (unpaired) electrons. The van der Waals surface area contributed by atoms with Crippen LogP contribution in [0.25, 0.3) is 77.2 Å². The Balaban J connectivity index is 1.47. The Hall–Kier alpha value is -6.79. The van der Waals surface area contributed by atoms with Crippen molar-refractivity contribution in [3.63, 3.8) is 0 Å². The zero-order valence-electron chi connectivity index (χ0n) is 41.7. The minimum Gasteiger partial charge on any atom is -0.309 e. The Bertz CT molecular complexity index is 3440. The molecule has 0 aliphatic rings. The Kier molecular flexibility index (Phi) is 11.1. The highest BCUT2D eigenvalue weighted by Gasteiger charge is 2.41. The van der Waals surface area contributed by atoms with Gasteiger partial charge in [0.25, 0.3) is 0 Å². The molecule has 0 bridgehead atoms. The lowest BCUT2D eigenvalue weighted by Gasteiger charge is -2.23. The van der Waals surface area contributed by atoms with Gasteiger partial charge in [-0.05, 0) is 140 Å². The van der Waals surface area contributed by atoms with Gasteiger partial charge in [0.15, 0.2) is 0 Å². The molecule has 9 heteroatoms. The summed E-state index contributed by atoms with van der Waals surface area (Å²) in [6.07, 6.45) is -10.2. The molecule has 3 nitrogen and oxygen atoms in total. The van der Waals surface area contributed by atoms with Gasteiger partial charge in [-0.2, -0.15) is 31.6 Å². The quantitative estimate of drug-likeness (QED) is 0.162. The normalized spacial score (nSPS) is 13.3. The number of halogens is 6. The van der Waals surface area contributed by atoms with E-state index in [0.717, 1.165) is 71.9 Å². The van der Waals surface area contributed by atoms with Crippen LogP contribution in [0.15, 0.2) is 127 Å². The van der Waals surface area contributed by atoms with Crippen molar-refractivity contribution >= 4 is 43.6 Å². The zero-order chi connectivity index (χ0) is 50.8. The van der Waals surface area contributed by atoms with E-state index in [1.807, 2.05) is 18.2 Å². The second-order valence-corrected chi connectivity index (χ2v) is 22.9. The highest BCUT2D eigenvalue weighted by molar-refractivity contribution is 6.12. The minimum atomic E-state index is -5.12. The van der Waals surface area contributed by atoms with Gasteiger partial charge in [0, 0.05) is 38.2 Å². The summed E-state index contributed by atoms with van der Waals surface area (Å²) in [6.45, 7) is 25.8. The lowest BCUT2D eigenvalue weighted by atomic mass is 9.85. The van der Waals surface area contributed by atoms with E-state index in [-0.39, 0.29) is 32.8 Å². The van der Waals surface area contributed by atoms with E-state index in [4.69, 9.17) is 0 Å². The number of alkyl halides is 6. The molecule has 0 atom stereocenters. The maximum atomic E-state index is 15.0. The number of rotatable bonds is 4. The van der Waals surface area contributed by atoms with Gasteiger partial charge in [-0.1, -0.05) is 119 Å². The first-order valence-corrected chi connectivity index (χ1v) is 23.6. The smallest absolute Gasteiger partial charge is 0.309 e. The molecule has 0 aliphatic heterocycles. The molecule has 9 rings (SSSR count). The van der Waals surface area contributed by atoms with E-state index in [1.165, 1.54) is 12.1 Å². The first-order chi connectivity index (χ1) is 32.5. The van der Waals surface area contributed by atoms with E-state index in [1.54, 1.807) is 18.2 Å². The van der Waals surface area contributed by atoms with Crippen molar-refractivity contribution in [3.05, 3.63) is 166 Å². The summed E-state index contributed by atoms with van der Waals surface area (Å²) in [5.41, 5.74) is 5.02. The Morgan fingerprint density at radius 1 is 0.386 bits per heavy atom. The molecule has 2 aromatic heterocycles. The number of benzene rings is 7. The lowest BCUT2D eigenvalue weighted by Crippen LogP contribution is -2.14. The van der Waals surface area contributed by atoms with Crippen molar-refractivity contribution in [3.8, 4) is 39.7 Å². The maximum Gasteiger partial charge on any atom is 0.417 e. The molecule has 0 spiro atoms. The van der Waals surface area contributed by atoms with Crippen LogP contribution >= 0.6 is 0 Å². The topological polar surface area (TPSA) is 33.6 Å². The van der Waals surface area contributed by atoms with E-state index >= 15 is 26.3 Å². The molecule has 358 valence electrons. The average Bonchev–Trinajstić information content (AvgIpc) is 3.78. The number of nitrogens with zero attached hydrogens (tertiary/aromatic N) is 3. The monoisotopic (exact) mass is 945 g/mol. The van der Waals surface area contributed by atoms with Crippen LogP contribution in [0.5, 0.6) is 0 Å². The van der Waals surface area contributed by atoms with E-state index in [0.29, 0.717) is 34.6 Å². The van der Waals surface area contributed by atoms with Crippen LogP contribution in [-0.4, -0.2) is 9.13 Å². The fourth-order valence-corrected chi connectivity index (χ4v) is 9.89. The molecule has 70 heavy (non-hydrogen) atoms. The number of nitriles is 1. The number of aromatic nitrogens is 2. The third-order valence-corrected chi connectivity index (χ3v) is 13.9. The van der Waals surface area contributed by atoms with Gasteiger partial charge in [-0.25, -0.2) is 0 Å². The number of hydrogen-bond donors (Lipinski definition) is 0. The molecule has 0 N–H and O–H groups in total. The van der Waals surface area contributed by atoms with E-state index in [9.17, 15) is 5.26 Å². The molecule has 7 aromatic carbocycles. The van der Waals surface area contributed by atoms with Gasteiger partial charge in [0.2, 0.25) is 0 Å². The Morgan fingerprint density at radius 3 is 1.03 bits per heavy atom. The summed E-state index contributed by atoms with van der Waals surface area (Å²) < 4.78 is 94.5. The lowest BCUT2D eigenvalue weighted by molar-refractivity contribution is -0.142. The SMILES string of the molecule is CC(C)(C)c1ccc2c(c1)c1cc(C(C)(C)C)ccc1n2-c1ccc(C#N)cc1-c1cc(-c2c(C(F)(F)F)cccc2C(F)(F)F)ccc1-n1c2ccc(C(C)(C)C)cc2c2cc(C(C)(C)C)ccc21. The molecular formula is C61H57F6N3. The van der Waals surface area contributed by atoms with Crippen LogP contribution in [0.3, 0.4) is 0 Å². The second-order valence-electron chi connectivity index (χ2n) is 22.9. The summed E-state index contributed by atoms with van der Waals surface area (Å²) in [4.78, 5) is 0. The average molecular weight is 946 g/mol. The van der Waals surface area contributed by atoms with Gasteiger partial charge in [-0.3, -0.25) is 0 Å². The minimum absolute atomic E-state index is 0.190. The predicted octanol–water partition coefficient (Wildman–Crippen LogP) is 18.3. The van der Waals surface area contributed by atoms with Crippen molar-refractivity contribution in [2.45, 2.75) is 117 Å². The van der Waals surface area contributed by atoms with Crippen molar-refractivity contribution in [2.75, 3.05) is 0 Å². The van der Waals surface area contributed by atoms with Crippen LogP contribution in [0, 0.1) is 11.3 Å². The van der Waals surface area contributed by atoms with Crippen LogP contribution in [0.4, 0.5) is 26.3 Å². The first-order valence-electron chi connectivity index (χ1n) is 23.6. The molecule has 0 unspecified atom stereocenters. The number of fused-ring (bicyclic) bond motifs is 6. The third kappa shape index (κ3) is 8.33. The third-order valence-electron chi connectivity index (χ3n) is 13.9. The van der Waals surface area contributed by atoms with Gasteiger partial charge in [0.1, 0.15) is 0 Å². The Morgan fingerprint density at radius 2 is 0.714 bits per heavy atom. The fraction of sp³-hybridized carbons (Fsp3) is 0.295. The van der Waals surface area contributed by atoms with Crippen LogP contribution < -0.4 is 0 Å². The largest absolute Gasteiger partial charge is 0.417 e. The summed E-state index contributed by atoms with van der Waals surface area (Å²) in [6, 6.07) is 39.5. The summed E-state index contributed by atoms with van der Waals surface area (Å²) in [7, 11) is 0. The molecular weight excluding hydrogens is 889 g/mol. The molecule has 0 saturated heterocycles. The van der Waals surface area contributed by atoms with Crippen molar-refractivity contribution < 1.29 is 26.3 Å². The Labute approximate surface area is 406 Å². The van der Waals surface area contributed by atoms with Crippen molar-refractivity contribution in [2.24, 2.45) is 0 Å². The summed E-state index contributed by atoms with van der Waals surface area (Å²) >= 11 is 0. The van der Waals surface area contributed by atoms with Gasteiger partial charge >= 0.3 is 12.4 Å². The highest BCUT2D eigenvalue weighted by atomic mass is 19.4. The van der Waals surface area contributed by atoms with E-state index < -0.39 is 29.0 Å². The zero-order valence-corrected chi connectivity index (χ0v) is 41.7. The van der Waals surface area contributed by atoms with Crippen LogP contribution in [0.1, 0.15) is 122 Å². The fourth-order valence-electron chi connectivity index (χ4n) is 9.89. The predicted molar refractivity (Wildman–Crippen MR) is 276 cm³/mol. The maximum absolute atomic E-state index is 15.0. The molecule has 0 saturated carbocycles. The molecule has 0 amide bonds. The van der Waals surface area contributed by atoms with Gasteiger partial charge in [0.05, 0.1) is 56.2 Å². The molecule has 9 aromatic rings. The standard InChI is InChI=1S/C61H57F6N3/c1-56(2,3)37-18-24-51-43(30-37)44-31-38(57(4,5)6)19-25-52(44)69(51)49-22-16-35(34-68)28-41(49)42-29-36(55-47(60(62,63)64)14-13-15-48(55)61(65,66)67)17-23-50(42)70-53-26-20-39(58(7,8)9)32-45(53)46-33-40(59(10,11)12)21-27-54(46)70/h13-33H,1-12H3. The summed E-state index contributed by atoms with van der Waals surface area (Å²) in [5, 5.41) is 14.4. The van der Waals surface area contributed by atoms with Crippen molar-refractivity contribution in [1.29, 1.82) is 5.26 Å². The molecule has 0 aliphatic carbocycles.